The van der Waals surface area contributed by atoms with Crippen LogP contribution in [0.25, 0.3) is 0 Å². The Labute approximate surface area is 84.8 Å². The van der Waals surface area contributed by atoms with E-state index in [1.54, 1.807) is 12.5 Å². The molecule has 0 aliphatic rings. The van der Waals surface area contributed by atoms with Crippen molar-refractivity contribution < 1.29 is 5.11 Å². The molecule has 0 spiro atoms. The van der Waals surface area contributed by atoms with Crippen molar-refractivity contribution >= 4 is 0 Å². The van der Waals surface area contributed by atoms with Crippen LogP contribution in [0.3, 0.4) is 0 Å². The fourth-order valence-corrected chi connectivity index (χ4v) is 1.60. The van der Waals surface area contributed by atoms with E-state index < -0.39 is 6.10 Å². The number of imidazole rings is 1. The summed E-state index contributed by atoms with van der Waals surface area (Å²) < 4.78 is 1.95. The van der Waals surface area contributed by atoms with E-state index in [1.165, 1.54) is 0 Å². The molecule has 1 aromatic heterocycles. The largest absolute Gasteiger partial charge is 0.386 e. The summed E-state index contributed by atoms with van der Waals surface area (Å²) in [5, 5.41) is 10.0. The van der Waals surface area contributed by atoms with Crippen LogP contribution in [0.15, 0.2) is 12.5 Å². The highest BCUT2D eigenvalue weighted by Gasteiger charge is 2.20. The first kappa shape index (κ1) is 11.2. The number of nitrogens with zero attached hydrogens (tertiary/aromatic N) is 2. The summed E-state index contributed by atoms with van der Waals surface area (Å²) in [7, 11) is 0. The predicted octanol–water partition coefficient (Wildman–Crippen LogP) is 0.921. The Kier molecular flexibility index (Phi) is 4.10. The van der Waals surface area contributed by atoms with E-state index in [4.69, 9.17) is 5.73 Å². The molecule has 2 unspecified atom stereocenters. The van der Waals surface area contributed by atoms with Gasteiger partial charge in [0.25, 0.3) is 0 Å². The van der Waals surface area contributed by atoms with Gasteiger partial charge in [0.05, 0.1) is 24.3 Å². The van der Waals surface area contributed by atoms with Gasteiger partial charge in [0.2, 0.25) is 0 Å². The molecule has 0 fully saturated rings. The standard InChI is InChI=1S/C10H19N3O/c1-3-8(5-11)10(14)9-6-12-7-13(9)4-2/h6-8,10,14H,3-5,11H2,1-2H3. The average molecular weight is 197 g/mol. The van der Waals surface area contributed by atoms with Crippen molar-refractivity contribution in [2.75, 3.05) is 6.54 Å². The normalized spacial score (nSPS) is 15.4. The quantitative estimate of drug-likeness (QED) is 0.737. The van der Waals surface area contributed by atoms with Gasteiger partial charge in [0.15, 0.2) is 0 Å². The highest BCUT2D eigenvalue weighted by atomic mass is 16.3. The Bertz CT molecular complexity index is 268. The molecule has 1 rings (SSSR count). The molecule has 0 bridgehead atoms. The van der Waals surface area contributed by atoms with Crippen molar-refractivity contribution in [3.8, 4) is 0 Å². The molecule has 2 atom stereocenters. The van der Waals surface area contributed by atoms with Gasteiger partial charge in [0.1, 0.15) is 0 Å². The zero-order valence-electron chi connectivity index (χ0n) is 8.85. The molecule has 0 aromatic carbocycles. The molecule has 80 valence electrons. The van der Waals surface area contributed by atoms with Gasteiger partial charge in [-0.2, -0.15) is 0 Å². The van der Waals surface area contributed by atoms with Crippen molar-refractivity contribution in [3.05, 3.63) is 18.2 Å². The van der Waals surface area contributed by atoms with Crippen LogP contribution < -0.4 is 5.73 Å². The van der Waals surface area contributed by atoms with Gasteiger partial charge < -0.3 is 15.4 Å². The number of aliphatic hydroxyl groups excluding tert-OH is 1. The predicted molar refractivity (Wildman–Crippen MR) is 55.7 cm³/mol. The summed E-state index contributed by atoms with van der Waals surface area (Å²) in [6.07, 6.45) is 3.84. The van der Waals surface area contributed by atoms with Crippen molar-refractivity contribution in [1.29, 1.82) is 0 Å². The lowest BCUT2D eigenvalue weighted by Gasteiger charge is -2.20. The Morgan fingerprint density at radius 3 is 2.79 bits per heavy atom. The van der Waals surface area contributed by atoms with E-state index in [9.17, 15) is 5.11 Å². The fraction of sp³-hybridized carbons (Fsp3) is 0.700. The fourth-order valence-electron chi connectivity index (χ4n) is 1.60. The molecule has 0 saturated heterocycles. The average Bonchev–Trinajstić information content (AvgIpc) is 2.67. The lowest BCUT2D eigenvalue weighted by molar-refractivity contribution is 0.102. The first-order chi connectivity index (χ1) is 6.74. The lowest BCUT2D eigenvalue weighted by atomic mass is 9.97. The lowest BCUT2D eigenvalue weighted by Crippen LogP contribution is -2.23. The Hall–Kier alpha value is -0.870. The summed E-state index contributed by atoms with van der Waals surface area (Å²) in [5.74, 6) is 0.122. The molecule has 0 radical (unpaired) electrons. The van der Waals surface area contributed by atoms with Gasteiger partial charge >= 0.3 is 0 Å². The number of rotatable bonds is 5. The Balaban J connectivity index is 2.81. The van der Waals surface area contributed by atoms with Crippen LogP contribution in [0.2, 0.25) is 0 Å². The van der Waals surface area contributed by atoms with Crippen molar-refractivity contribution in [3.63, 3.8) is 0 Å². The maximum Gasteiger partial charge on any atom is 0.0995 e. The van der Waals surface area contributed by atoms with Crippen molar-refractivity contribution in [2.45, 2.75) is 32.9 Å². The number of hydrogen-bond donors (Lipinski definition) is 2. The van der Waals surface area contributed by atoms with Crippen LogP contribution in [0.5, 0.6) is 0 Å². The van der Waals surface area contributed by atoms with Gasteiger partial charge in [-0.1, -0.05) is 6.92 Å². The number of aliphatic hydroxyl groups is 1. The Morgan fingerprint density at radius 1 is 1.57 bits per heavy atom. The molecular weight excluding hydrogens is 178 g/mol. The number of nitrogens with two attached hydrogens (primary N) is 1. The molecule has 4 nitrogen and oxygen atoms in total. The number of aryl methyl sites for hydroxylation is 1. The molecule has 1 aromatic rings. The summed E-state index contributed by atoms with van der Waals surface area (Å²) in [4.78, 5) is 4.03. The third kappa shape index (κ3) is 2.13. The van der Waals surface area contributed by atoms with E-state index >= 15 is 0 Å². The molecule has 0 aliphatic carbocycles. The second kappa shape index (κ2) is 5.12. The number of hydrogen-bond acceptors (Lipinski definition) is 3. The third-order valence-corrected chi connectivity index (χ3v) is 2.66. The number of aromatic nitrogens is 2. The SMILES string of the molecule is CCC(CN)C(O)c1cncn1CC. The summed E-state index contributed by atoms with van der Waals surface area (Å²) in [6, 6.07) is 0. The topological polar surface area (TPSA) is 64.1 Å². The second-order valence-corrected chi connectivity index (χ2v) is 3.45. The van der Waals surface area contributed by atoms with Crippen molar-refractivity contribution in [2.24, 2.45) is 11.7 Å². The van der Waals surface area contributed by atoms with Crippen LogP contribution in [0.1, 0.15) is 32.1 Å². The van der Waals surface area contributed by atoms with Gasteiger partial charge in [-0.05, 0) is 19.9 Å². The van der Waals surface area contributed by atoms with Crippen LogP contribution in [-0.4, -0.2) is 21.2 Å². The maximum absolute atomic E-state index is 10.0. The van der Waals surface area contributed by atoms with Crippen LogP contribution in [-0.2, 0) is 6.54 Å². The first-order valence-electron chi connectivity index (χ1n) is 5.12. The highest BCUT2D eigenvalue weighted by molar-refractivity contribution is 5.04. The smallest absolute Gasteiger partial charge is 0.0995 e. The molecule has 3 N–H and O–H groups in total. The van der Waals surface area contributed by atoms with Gasteiger partial charge in [0, 0.05) is 12.5 Å². The van der Waals surface area contributed by atoms with E-state index in [2.05, 4.69) is 4.98 Å². The zero-order valence-corrected chi connectivity index (χ0v) is 8.85. The minimum atomic E-state index is -0.493. The monoisotopic (exact) mass is 197 g/mol. The molecule has 4 heteroatoms. The van der Waals surface area contributed by atoms with Crippen LogP contribution in [0.4, 0.5) is 0 Å². The Morgan fingerprint density at radius 2 is 2.29 bits per heavy atom. The van der Waals surface area contributed by atoms with Crippen LogP contribution in [0, 0.1) is 5.92 Å². The van der Waals surface area contributed by atoms with Crippen LogP contribution >= 0.6 is 0 Å². The molecule has 14 heavy (non-hydrogen) atoms. The molecule has 0 aliphatic heterocycles. The third-order valence-electron chi connectivity index (χ3n) is 2.66. The van der Waals surface area contributed by atoms with E-state index in [0.29, 0.717) is 6.54 Å². The van der Waals surface area contributed by atoms with Gasteiger partial charge in [-0.15, -0.1) is 0 Å². The summed E-state index contributed by atoms with van der Waals surface area (Å²) in [6.45, 7) is 5.40. The molecular formula is C10H19N3O. The van der Waals surface area contributed by atoms with Crippen molar-refractivity contribution in [1.82, 2.24) is 9.55 Å². The minimum Gasteiger partial charge on any atom is -0.386 e. The summed E-state index contributed by atoms with van der Waals surface area (Å²) >= 11 is 0. The van der Waals surface area contributed by atoms with E-state index in [1.807, 2.05) is 18.4 Å². The maximum atomic E-state index is 10.0. The van der Waals surface area contributed by atoms with E-state index in [0.717, 1.165) is 18.7 Å². The van der Waals surface area contributed by atoms with Gasteiger partial charge in [-0.25, -0.2) is 4.98 Å². The zero-order chi connectivity index (χ0) is 10.6. The molecule has 0 saturated carbocycles. The second-order valence-electron chi connectivity index (χ2n) is 3.45. The molecule has 1 heterocycles. The van der Waals surface area contributed by atoms with E-state index in [-0.39, 0.29) is 5.92 Å². The van der Waals surface area contributed by atoms with Gasteiger partial charge in [-0.3, -0.25) is 0 Å². The summed E-state index contributed by atoms with van der Waals surface area (Å²) in [5.41, 5.74) is 6.46. The highest BCUT2D eigenvalue weighted by Crippen LogP contribution is 2.23. The first-order valence-corrected chi connectivity index (χ1v) is 5.12. The molecule has 0 amide bonds. The minimum absolute atomic E-state index is 0.122.